The molecule has 24 heavy (non-hydrogen) atoms. The molecule has 2 saturated heterocycles. The summed E-state index contributed by atoms with van der Waals surface area (Å²) in [6, 6.07) is 1.81. The molecule has 0 aromatic carbocycles. The van der Waals surface area contributed by atoms with Crippen LogP contribution >= 0.6 is 0 Å². The molecule has 1 aromatic rings. The highest BCUT2D eigenvalue weighted by molar-refractivity contribution is 7.90. The predicted octanol–water partition coefficient (Wildman–Crippen LogP) is 0.0198. The van der Waals surface area contributed by atoms with Gasteiger partial charge in [-0.3, -0.25) is 0 Å². The smallest absolute Gasteiger partial charge is 0.218 e. The molecule has 3 fully saturated rings. The first-order valence-electron chi connectivity index (χ1n) is 8.20. The molecule has 1 aromatic heterocycles. The van der Waals surface area contributed by atoms with Gasteiger partial charge in [0.05, 0.1) is 25.6 Å². The van der Waals surface area contributed by atoms with Crippen molar-refractivity contribution in [1.29, 1.82) is 0 Å². The Morgan fingerprint density at radius 3 is 3.04 bits per heavy atom. The van der Waals surface area contributed by atoms with Gasteiger partial charge < -0.3 is 14.4 Å². The molecule has 0 amide bonds. The fourth-order valence-corrected chi connectivity index (χ4v) is 5.09. The zero-order chi connectivity index (χ0) is 16.8. The van der Waals surface area contributed by atoms with E-state index in [4.69, 9.17) is 9.47 Å². The second kappa shape index (κ2) is 5.82. The van der Waals surface area contributed by atoms with Crippen molar-refractivity contribution in [3.63, 3.8) is 0 Å². The third-order valence-corrected chi connectivity index (χ3v) is 7.17. The molecule has 1 N–H and O–H groups in total. The Bertz CT molecular complexity index is 724. The van der Waals surface area contributed by atoms with Gasteiger partial charge in [0, 0.05) is 37.0 Å². The Kier molecular flexibility index (Phi) is 3.89. The summed E-state index contributed by atoms with van der Waals surface area (Å²) in [5.41, 5.74) is -0.194. The van der Waals surface area contributed by atoms with Crippen molar-refractivity contribution in [2.75, 3.05) is 44.9 Å². The number of hydrogen-bond acceptors (Lipinski definition) is 7. The summed E-state index contributed by atoms with van der Waals surface area (Å²) in [5, 5.41) is -0.196. The first kappa shape index (κ1) is 16.0. The number of methoxy groups -OCH3 is 1. The third-order valence-electron chi connectivity index (χ3n) is 5.27. The van der Waals surface area contributed by atoms with Gasteiger partial charge in [-0.1, -0.05) is 0 Å². The van der Waals surface area contributed by atoms with Gasteiger partial charge in [-0.05, 0) is 12.8 Å². The molecular weight excluding hydrogens is 332 g/mol. The lowest BCUT2D eigenvalue weighted by atomic mass is 9.81. The molecule has 4 rings (SSSR count). The molecule has 0 unspecified atom stereocenters. The number of aromatic nitrogens is 2. The molecule has 3 aliphatic rings. The second-order valence-electron chi connectivity index (χ2n) is 6.94. The van der Waals surface area contributed by atoms with E-state index < -0.39 is 10.0 Å². The molecule has 132 valence electrons. The molecule has 1 aliphatic carbocycles. The minimum atomic E-state index is -3.18. The van der Waals surface area contributed by atoms with Crippen LogP contribution in [0.3, 0.4) is 0 Å². The van der Waals surface area contributed by atoms with E-state index in [1.807, 2.05) is 6.07 Å². The highest BCUT2D eigenvalue weighted by atomic mass is 32.2. The lowest BCUT2D eigenvalue weighted by Crippen LogP contribution is -2.44. The highest BCUT2D eigenvalue weighted by Gasteiger charge is 2.52. The molecule has 2 atom stereocenters. The van der Waals surface area contributed by atoms with Crippen molar-refractivity contribution in [2.24, 2.45) is 11.3 Å². The van der Waals surface area contributed by atoms with Crippen molar-refractivity contribution in [2.45, 2.75) is 18.1 Å². The molecule has 8 nitrogen and oxygen atoms in total. The summed E-state index contributed by atoms with van der Waals surface area (Å²) in [6.07, 6.45) is 3.03. The van der Waals surface area contributed by atoms with E-state index in [1.54, 1.807) is 7.11 Å². The van der Waals surface area contributed by atoms with Gasteiger partial charge in [0.1, 0.15) is 12.1 Å². The van der Waals surface area contributed by atoms with Crippen molar-refractivity contribution >= 4 is 15.8 Å². The minimum Gasteiger partial charge on any atom is -0.481 e. The van der Waals surface area contributed by atoms with Gasteiger partial charge >= 0.3 is 0 Å². The van der Waals surface area contributed by atoms with Crippen molar-refractivity contribution in [3.05, 3.63) is 12.4 Å². The molecular formula is C15H22N4O4S. The summed E-state index contributed by atoms with van der Waals surface area (Å²) in [5.74, 6) is 1.62. The Balaban J connectivity index is 1.50. The van der Waals surface area contributed by atoms with Crippen LogP contribution < -0.4 is 14.4 Å². The number of nitrogens with zero attached hydrogens (tertiary/aromatic N) is 3. The van der Waals surface area contributed by atoms with Crippen LogP contribution in [-0.4, -0.2) is 63.6 Å². The summed E-state index contributed by atoms with van der Waals surface area (Å²) in [6.45, 7) is 3.17. The standard InChI is InChI=1S/C15H22N4O4S/c1-22-14-4-13(16-10-17-14)19-5-11-6-23-9-15(11,8-19)7-18-24(20,21)12-2-3-12/h4,10-12,18H,2-3,5-9H2,1H3/t11-,15+/m0/s1. The Morgan fingerprint density at radius 2 is 2.29 bits per heavy atom. The summed E-state index contributed by atoms with van der Waals surface area (Å²) in [4.78, 5) is 10.5. The number of fused-ring (bicyclic) bond motifs is 1. The SMILES string of the molecule is COc1cc(N2C[C@H]3COC[C@@]3(CNS(=O)(=O)C3CC3)C2)ncn1. The summed E-state index contributed by atoms with van der Waals surface area (Å²) >= 11 is 0. The maximum atomic E-state index is 12.2. The number of hydrogen-bond donors (Lipinski definition) is 1. The van der Waals surface area contributed by atoms with E-state index in [0.29, 0.717) is 38.1 Å². The van der Waals surface area contributed by atoms with Gasteiger partial charge in [0.25, 0.3) is 0 Å². The maximum Gasteiger partial charge on any atom is 0.218 e. The molecule has 0 bridgehead atoms. The van der Waals surface area contributed by atoms with Crippen LogP contribution in [0.2, 0.25) is 0 Å². The Morgan fingerprint density at radius 1 is 1.46 bits per heavy atom. The normalized spacial score (nSPS) is 29.7. The van der Waals surface area contributed by atoms with Crippen molar-refractivity contribution < 1.29 is 17.9 Å². The Hall–Kier alpha value is -1.45. The molecule has 0 radical (unpaired) electrons. The van der Waals surface area contributed by atoms with Crippen LogP contribution in [-0.2, 0) is 14.8 Å². The zero-order valence-corrected chi connectivity index (χ0v) is 14.5. The third kappa shape index (κ3) is 2.84. The number of rotatable bonds is 6. The highest BCUT2D eigenvalue weighted by Crippen LogP contribution is 2.42. The monoisotopic (exact) mass is 354 g/mol. The zero-order valence-electron chi connectivity index (χ0n) is 13.6. The molecule has 9 heteroatoms. The van der Waals surface area contributed by atoms with Gasteiger partial charge in [0.2, 0.25) is 15.9 Å². The molecule has 1 saturated carbocycles. The van der Waals surface area contributed by atoms with E-state index in [-0.39, 0.29) is 10.7 Å². The van der Waals surface area contributed by atoms with Crippen LogP contribution in [0.15, 0.2) is 12.4 Å². The fourth-order valence-electron chi connectivity index (χ4n) is 3.61. The number of anilines is 1. The largest absolute Gasteiger partial charge is 0.481 e. The average molecular weight is 354 g/mol. The summed E-state index contributed by atoms with van der Waals surface area (Å²) in [7, 11) is -1.60. The Labute approximate surface area is 141 Å². The van der Waals surface area contributed by atoms with Gasteiger partial charge in [-0.15, -0.1) is 0 Å². The van der Waals surface area contributed by atoms with Gasteiger partial charge in [0.15, 0.2) is 0 Å². The van der Waals surface area contributed by atoms with Crippen LogP contribution in [0.5, 0.6) is 5.88 Å². The average Bonchev–Trinajstić information content (AvgIpc) is 3.28. The maximum absolute atomic E-state index is 12.2. The minimum absolute atomic E-state index is 0.194. The van der Waals surface area contributed by atoms with E-state index in [9.17, 15) is 8.42 Å². The van der Waals surface area contributed by atoms with E-state index in [1.165, 1.54) is 6.33 Å². The molecule has 0 spiro atoms. The number of nitrogens with one attached hydrogen (secondary N) is 1. The van der Waals surface area contributed by atoms with Crippen molar-refractivity contribution in [1.82, 2.24) is 14.7 Å². The first-order chi connectivity index (χ1) is 11.5. The topological polar surface area (TPSA) is 93.7 Å². The molecule has 2 aliphatic heterocycles. The number of sulfonamides is 1. The lowest BCUT2D eigenvalue weighted by Gasteiger charge is -2.27. The first-order valence-corrected chi connectivity index (χ1v) is 9.74. The van der Waals surface area contributed by atoms with E-state index in [2.05, 4.69) is 19.6 Å². The number of ether oxygens (including phenoxy) is 2. The van der Waals surface area contributed by atoms with Crippen LogP contribution in [0, 0.1) is 11.3 Å². The van der Waals surface area contributed by atoms with Crippen LogP contribution in [0.25, 0.3) is 0 Å². The van der Waals surface area contributed by atoms with E-state index in [0.717, 1.165) is 25.2 Å². The molecule has 3 heterocycles. The second-order valence-corrected chi connectivity index (χ2v) is 8.98. The summed E-state index contributed by atoms with van der Waals surface area (Å²) < 4.78 is 38.0. The van der Waals surface area contributed by atoms with Gasteiger partial charge in [-0.2, -0.15) is 0 Å². The van der Waals surface area contributed by atoms with E-state index >= 15 is 0 Å². The van der Waals surface area contributed by atoms with Crippen LogP contribution in [0.4, 0.5) is 5.82 Å². The predicted molar refractivity (Wildman–Crippen MR) is 87.5 cm³/mol. The van der Waals surface area contributed by atoms with Gasteiger partial charge in [-0.25, -0.2) is 23.1 Å². The quantitative estimate of drug-likeness (QED) is 0.770. The lowest BCUT2D eigenvalue weighted by molar-refractivity contribution is 0.156. The van der Waals surface area contributed by atoms with Crippen molar-refractivity contribution in [3.8, 4) is 5.88 Å². The fraction of sp³-hybridized carbons (Fsp3) is 0.733. The van der Waals surface area contributed by atoms with Crippen LogP contribution in [0.1, 0.15) is 12.8 Å².